The number of carbonyl (C=O) groups excluding carboxylic acids is 1. The minimum Gasteiger partial charge on any atom is -0.496 e. The van der Waals surface area contributed by atoms with Gasteiger partial charge in [-0.1, -0.05) is 17.7 Å². The highest BCUT2D eigenvalue weighted by Gasteiger charge is 2.18. The number of nitro groups is 1. The molecule has 0 aliphatic carbocycles. The Balaban J connectivity index is 2.23. The average Bonchev–Trinajstić information content (AvgIpc) is 2.60. The van der Waals surface area contributed by atoms with Gasteiger partial charge in [0.05, 0.1) is 25.4 Å². The minimum atomic E-state index is -0.569. The number of nitrogens with zero attached hydrogens (tertiary/aromatic N) is 2. The molecule has 1 N–H and O–H groups in total. The molecule has 0 aliphatic rings. The van der Waals surface area contributed by atoms with Crippen LogP contribution in [0.2, 0.25) is 0 Å². The van der Waals surface area contributed by atoms with Crippen LogP contribution in [0.3, 0.4) is 0 Å². The maximum atomic E-state index is 12.0. The SMILES string of the molecule is COc1cc(OC)c([N+](=O)[O-])cc1/C=N/NC(=O)c1cccc(C)c1. The highest BCUT2D eigenvalue weighted by atomic mass is 16.6. The molecule has 0 fully saturated rings. The Morgan fingerprint density at radius 3 is 2.52 bits per heavy atom. The molecule has 0 radical (unpaired) electrons. The quantitative estimate of drug-likeness (QED) is 0.493. The number of hydrogen-bond donors (Lipinski definition) is 1. The smallest absolute Gasteiger partial charge is 0.311 e. The van der Waals surface area contributed by atoms with Gasteiger partial charge in [0, 0.05) is 23.3 Å². The number of hydrogen-bond acceptors (Lipinski definition) is 6. The van der Waals surface area contributed by atoms with Crippen LogP contribution in [0.5, 0.6) is 11.5 Å². The first-order valence-electron chi connectivity index (χ1n) is 7.26. The zero-order valence-corrected chi connectivity index (χ0v) is 14.0. The summed E-state index contributed by atoms with van der Waals surface area (Å²) in [6.45, 7) is 1.88. The Hall–Kier alpha value is -3.42. The molecule has 0 saturated heterocycles. The molecule has 2 aromatic carbocycles. The van der Waals surface area contributed by atoms with Gasteiger partial charge >= 0.3 is 5.69 Å². The third kappa shape index (κ3) is 4.31. The molecule has 1 amide bonds. The van der Waals surface area contributed by atoms with Crippen LogP contribution >= 0.6 is 0 Å². The fourth-order valence-corrected chi connectivity index (χ4v) is 2.16. The third-order valence-electron chi connectivity index (χ3n) is 3.38. The molecule has 8 heteroatoms. The van der Waals surface area contributed by atoms with E-state index in [9.17, 15) is 14.9 Å². The topological polar surface area (TPSA) is 103 Å². The Bertz CT molecular complexity index is 833. The summed E-state index contributed by atoms with van der Waals surface area (Å²) < 4.78 is 10.2. The Kier molecular flexibility index (Phi) is 5.67. The highest BCUT2D eigenvalue weighted by molar-refractivity contribution is 5.95. The van der Waals surface area contributed by atoms with Gasteiger partial charge in [0.2, 0.25) is 5.75 Å². The summed E-state index contributed by atoms with van der Waals surface area (Å²) in [6.07, 6.45) is 1.28. The number of nitro benzene ring substituents is 1. The van der Waals surface area contributed by atoms with Crippen molar-refractivity contribution < 1.29 is 19.2 Å². The van der Waals surface area contributed by atoms with Crippen molar-refractivity contribution in [3.05, 3.63) is 63.2 Å². The van der Waals surface area contributed by atoms with Crippen LogP contribution in [0.15, 0.2) is 41.5 Å². The molecule has 25 heavy (non-hydrogen) atoms. The van der Waals surface area contributed by atoms with Crippen molar-refractivity contribution in [2.45, 2.75) is 6.92 Å². The van der Waals surface area contributed by atoms with Crippen molar-refractivity contribution in [3.63, 3.8) is 0 Å². The van der Waals surface area contributed by atoms with Crippen molar-refractivity contribution >= 4 is 17.8 Å². The van der Waals surface area contributed by atoms with Gasteiger partial charge in [0.15, 0.2) is 0 Å². The largest absolute Gasteiger partial charge is 0.496 e. The average molecular weight is 343 g/mol. The second kappa shape index (κ2) is 7.91. The molecule has 0 heterocycles. The first-order chi connectivity index (χ1) is 12.0. The number of methoxy groups -OCH3 is 2. The maximum absolute atomic E-state index is 12.0. The van der Waals surface area contributed by atoms with Gasteiger partial charge in [0.1, 0.15) is 5.75 Å². The van der Waals surface area contributed by atoms with E-state index in [-0.39, 0.29) is 17.3 Å². The number of aryl methyl sites for hydroxylation is 1. The lowest BCUT2D eigenvalue weighted by atomic mass is 10.1. The lowest BCUT2D eigenvalue weighted by Crippen LogP contribution is -2.17. The summed E-state index contributed by atoms with van der Waals surface area (Å²) in [4.78, 5) is 22.6. The standard InChI is InChI=1S/C17H17N3O5/c1-11-5-4-6-12(7-11)17(21)19-18-10-13-8-14(20(22)23)16(25-3)9-15(13)24-2/h4-10H,1-3H3,(H,19,21)/b18-10+. The van der Waals surface area contributed by atoms with Crippen molar-refractivity contribution in [3.8, 4) is 11.5 Å². The Morgan fingerprint density at radius 1 is 1.20 bits per heavy atom. The molecule has 2 rings (SSSR count). The normalized spacial score (nSPS) is 10.5. The summed E-state index contributed by atoms with van der Waals surface area (Å²) in [5, 5.41) is 14.9. The third-order valence-corrected chi connectivity index (χ3v) is 3.38. The molecule has 2 aromatic rings. The number of carbonyl (C=O) groups is 1. The van der Waals surface area contributed by atoms with Crippen LogP contribution in [0.1, 0.15) is 21.5 Å². The van der Waals surface area contributed by atoms with Crippen LogP contribution in [0.25, 0.3) is 0 Å². The van der Waals surface area contributed by atoms with Crippen LogP contribution in [-0.4, -0.2) is 31.3 Å². The molecule has 0 aliphatic heterocycles. The van der Waals surface area contributed by atoms with E-state index in [4.69, 9.17) is 9.47 Å². The second-order valence-electron chi connectivity index (χ2n) is 5.09. The van der Waals surface area contributed by atoms with Crippen LogP contribution in [0, 0.1) is 17.0 Å². The first kappa shape index (κ1) is 17.9. The van der Waals surface area contributed by atoms with Gasteiger partial charge in [-0.2, -0.15) is 5.10 Å². The van der Waals surface area contributed by atoms with E-state index in [1.165, 1.54) is 32.6 Å². The molecule has 0 spiro atoms. The zero-order chi connectivity index (χ0) is 18.4. The van der Waals surface area contributed by atoms with Crippen molar-refractivity contribution in [1.29, 1.82) is 0 Å². The predicted molar refractivity (Wildman–Crippen MR) is 92.4 cm³/mol. The summed E-state index contributed by atoms with van der Waals surface area (Å²) in [7, 11) is 2.75. The Morgan fingerprint density at radius 2 is 1.92 bits per heavy atom. The summed E-state index contributed by atoms with van der Waals surface area (Å²) in [6, 6.07) is 9.69. The highest BCUT2D eigenvalue weighted by Crippen LogP contribution is 2.33. The van der Waals surface area contributed by atoms with Gasteiger partial charge in [-0.15, -0.1) is 0 Å². The first-order valence-corrected chi connectivity index (χ1v) is 7.26. The van der Waals surface area contributed by atoms with E-state index in [0.29, 0.717) is 16.9 Å². The molecule has 0 saturated carbocycles. The van der Waals surface area contributed by atoms with E-state index in [1.807, 2.05) is 13.0 Å². The predicted octanol–water partition coefficient (Wildman–Crippen LogP) is 2.68. The fourth-order valence-electron chi connectivity index (χ4n) is 2.16. The lowest BCUT2D eigenvalue weighted by Gasteiger charge is -2.08. The summed E-state index contributed by atoms with van der Waals surface area (Å²) in [5.41, 5.74) is 3.89. The van der Waals surface area contributed by atoms with E-state index >= 15 is 0 Å². The number of rotatable bonds is 6. The monoisotopic (exact) mass is 343 g/mol. The molecular weight excluding hydrogens is 326 g/mol. The van der Waals surface area contributed by atoms with Gasteiger partial charge in [-0.3, -0.25) is 14.9 Å². The number of nitrogens with one attached hydrogen (secondary N) is 1. The summed E-state index contributed by atoms with van der Waals surface area (Å²) >= 11 is 0. The number of ether oxygens (including phenoxy) is 2. The molecule has 130 valence electrons. The minimum absolute atomic E-state index is 0.0720. The summed E-state index contributed by atoms with van der Waals surface area (Å²) in [5.74, 6) is 0.0146. The molecule has 0 aromatic heterocycles. The van der Waals surface area contributed by atoms with E-state index in [0.717, 1.165) is 5.56 Å². The van der Waals surface area contributed by atoms with Gasteiger partial charge in [-0.25, -0.2) is 5.43 Å². The van der Waals surface area contributed by atoms with Crippen LogP contribution in [0.4, 0.5) is 5.69 Å². The zero-order valence-electron chi connectivity index (χ0n) is 14.0. The number of hydrazone groups is 1. The van der Waals surface area contributed by atoms with Gasteiger partial charge < -0.3 is 9.47 Å². The fraction of sp³-hybridized carbons (Fsp3) is 0.176. The molecule has 0 unspecified atom stereocenters. The molecule has 0 bridgehead atoms. The van der Waals surface area contributed by atoms with Gasteiger partial charge in [0.25, 0.3) is 5.91 Å². The number of benzene rings is 2. The van der Waals surface area contributed by atoms with Gasteiger partial charge in [-0.05, 0) is 19.1 Å². The van der Waals surface area contributed by atoms with Crippen molar-refractivity contribution in [2.75, 3.05) is 14.2 Å². The lowest BCUT2D eigenvalue weighted by molar-refractivity contribution is -0.385. The number of amides is 1. The molecule has 0 atom stereocenters. The maximum Gasteiger partial charge on any atom is 0.311 e. The molecule has 8 nitrogen and oxygen atoms in total. The second-order valence-corrected chi connectivity index (χ2v) is 5.09. The van der Waals surface area contributed by atoms with E-state index < -0.39 is 4.92 Å². The molecular formula is C17H17N3O5. The van der Waals surface area contributed by atoms with Crippen LogP contribution in [-0.2, 0) is 0 Å². The van der Waals surface area contributed by atoms with Crippen molar-refractivity contribution in [1.82, 2.24) is 5.43 Å². The van der Waals surface area contributed by atoms with Crippen LogP contribution < -0.4 is 14.9 Å². The van der Waals surface area contributed by atoms with Crippen molar-refractivity contribution in [2.24, 2.45) is 5.10 Å². The van der Waals surface area contributed by atoms with E-state index in [2.05, 4.69) is 10.5 Å². The Labute approximate surface area is 144 Å². The van der Waals surface area contributed by atoms with E-state index in [1.54, 1.807) is 18.2 Å².